The van der Waals surface area contributed by atoms with Crippen LogP contribution in [0.4, 0.5) is 0 Å². The largest absolute Gasteiger partial charge is 0.286 e. The lowest BCUT2D eigenvalue weighted by atomic mass is 10.1. The van der Waals surface area contributed by atoms with Gasteiger partial charge in [0.25, 0.3) is 6.33 Å². The van der Waals surface area contributed by atoms with E-state index in [-0.39, 0.29) is 0 Å². The van der Waals surface area contributed by atoms with E-state index < -0.39 is 0 Å². The third-order valence-electron chi connectivity index (χ3n) is 3.42. The molecule has 0 N–H and O–H groups in total. The molecular weight excluding hydrogens is 220 g/mol. The molecule has 0 atom stereocenters. The number of fused-ring (bicyclic) bond motifs is 1. The summed E-state index contributed by atoms with van der Waals surface area (Å²) >= 11 is 0. The fourth-order valence-electron chi connectivity index (χ4n) is 2.36. The molecule has 0 spiro atoms. The van der Waals surface area contributed by atoms with Gasteiger partial charge in [0.05, 0.1) is 11.9 Å². The lowest BCUT2D eigenvalue weighted by Crippen LogP contribution is -2.34. The van der Waals surface area contributed by atoms with E-state index in [1.165, 1.54) is 49.4 Å². The Hall–Kier alpha value is -1.44. The van der Waals surface area contributed by atoms with Crippen molar-refractivity contribution in [2.45, 2.75) is 52.0 Å². The fourth-order valence-corrected chi connectivity index (χ4v) is 2.36. The molecular formula is C16H23N2+. The van der Waals surface area contributed by atoms with E-state index in [0.717, 1.165) is 6.54 Å². The Labute approximate surface area is 110 Å². The number of rotatable bonds is 7. The maximum absolute atomic E-state index is 4.30. The second kappa shape index (κ2) is 7.10. The first-order valence-corrected chi connectivity index (χ1v) is 7.14. The zero-order chi connectivity index (χ0) is 12.6. The standard InChI is InChI=1S/C16H23N2/c1-2-3-4-5-6-9-12-18-14-17-13-15-10-7-8-11-16(15)18/h7-8,10-11,13-14H,2-6,9,12H2,1H3/q+1. The summed E-state index contributed by atoms with van der Waals surface area (Å²) in [6, 6.07) is 8.47. The number of aromatic nitrogens is 2. The molecule has 0 bridgehead atoms. The van der Waals surface area contributed by atoms with Gasteiger partial charge in [0.1, 0.15) is 5.52 Å². The van der Waals surface area contributed by atoms with Gasteiger partial charge in [-0.2, -0.15) is 0 Å². The van der Waals surface area contributed by atoms with Gasteiger partial charge in [0.2, 0.25) is 0 Å². The first kappa shape index (κ1) is 13.0. The van der Waals surface area contributed by atoms with E-state index in [0.29, 0.717) is 0 Å². The molecule has 0 amide bonds. The smallest absolute Gasteiger partial charge is 0.230 e. The number of hydrogen-bond acceptors (Lipinski definition) is 1. The van der Waals surface area contributed by atoms with Crippen molar-refractivity contribution < 1.29 is 4.57 Å². The van der Waals surface area contributed by atoms with Crippen LogP contribution in [0.1, 0.15) is 45.4 Å². The van der Waals surface area contributed by atoms with Gasteiger partial charge < -0.3 is 0 Å². The number of nitrogens with zero attached hydrogens (tertiary/aromatic N) is 2. The van der Waals surface area contributed by atoms with Gasteiger partial charge in [0, 0.05) is 0 Å². The number of unbranched alkanes of at least 4 members (excludes halogenated alkanes) is 5. The number of para-hydroxylation sites is 1. The van der Waals surface area contributed by atoms with E-state index >= 15 is 0 Å². The average molecular weight is 243 g/mol. The van der Waals surface area contributed by atoms with Gasteiger partial charge >= 0.3 is 0 Å². The second-order valence-electron chi connectivity index (χ2n) is 4.91. The minimum absolute atomic E-state index is 1.08. The fraction of sp³-hybridized carbons (Fsp3) is 0.500. The lowest BCUT2D eigenvalue weighted by Gasteiger charge is -2.03. The molecule has 0 aliphatic heterocycles. The Balaban J connectivity index is 1.88. The van der Waals surface area contributed by atoms with Gasteiger partial charge in [-0.05, 0) is 25.0 Å². The highest BCUT2D eigenvalue weighted by Crippen LogP contribution is 2.08. The molecule has 0 saturated heterocycles. The number of aryl methyl sites for hydroxylation is 1. The van der Waals surface area contributed by atoms with Crippen LogP contribution < -0.4 is 4.57 Å². The average Bonchev–Trinajstić information content (AvgIpc) is 2.43. The predicted octanol–water partition coefficient (Wildman–Crippen LogP) is 3.88. The minimum Gasteiger partial charge on any atom is -0.230 e. The van der Waals surface area contributed by atoms with Crippen molar-refractivity contribution in [3.05, 3.63) is 36.8 Å². The quantitative estimate of drug-likeness (QED) is 0.532. The van der Waals surface area contributed by atoms with E-state index in [4.69, 9.17) is 0 Å². The molecule has 0 aliphatic carbocycles. The molecule has 2 nitrogen and oxygen atoms in total. The van der Waals surface area contributed by atoms with E-state index in [1.54, 1.807) is 0 Å². The Bertz CT molecular complexity index is 474. The summed E-state index contributed by atoms with van der Waals surface area (Å²) in [7, 11) is 0. The zero-order valence-electron chi connectivity index (χ0n) is 11.3. The SMILES string of the molecule is CCCCCCCC[n+]1cncc2ccccc21. The van der Waals surface area contributed by atoms with E-state index in [1.807, 2.05) is 12.5 Å². The second-order valence-corrected chi connectivity index (χ2v) is 4.91. The number of hydrogen-bond donors (Lipinski definition) is 0. The topological polar surface area (TPSA) is 16.8 Å². The summed E-state index contributed by atoms with van der Waals surface area (Å²) in [5, 5.41) is 1.23. The Morgan fingerprint density at radius 1 is 1.00 bits per heavy atom. The molecule has 2 heteroatoms. The molecule has 0 aliphatic rings. The highest BCUT2D eigenvalue weighted by atomic mass is 15.0. The highest BCUT2D eigenvalue weighted by Gasteiger charge is 2.05. The molecule has 1 aromatic heterocycles. The maximum atomic E-state index is 4.30. The molecule has 2 rings (SSSR count). The lowest BCUT2D eigenvalue weighted by molar-refractivity contribution is -0.674. The summed E-state index contributed by atoms with van der Waals surface area (Å²) in [6.07, 6.45) is 11.9. The third-order valence-corrected chi connectivity index (χ3v) is 3.42. The summed E-state index contributed by atoms with van der Waals surface area (Å²) in [4.78, 5) is 4.30. The zero-order valence-corrected chi connectivity index (χ0v) is 11.3. The molecule has 2 aromatic rings. The monoisotopic (exact) mass is 243 g/mol. The normalized spacial score (nSPS) is 10.9. The molecule has 18 heavy (non-hydrogen) atoms. The van der Waals surface area contributed by atoms with Crippen LogP contribution in [-0.2, 0) is 6.54 Å². The van der Waals surface area contributed by atoms with E-state index in [2.05, 4.69) is 40.7 Å². The van der Waals surface area contributed by atoms with Crippen molar-refractivity contribution in [3.63, 3.8) is 0 Å². The molecule has 0 fully saturated rings. The van der Waals surface area contributed by atoms with Gasteiger partial charge in [-0.25, -0.2) is 4.57 Å². The van der Waals surface area contributed by atoms with Crippen LogP contribution in [-0.4, -0.2) is 4.98 Å². The van der Waals surface area contributed by atoms with Gasteiger partial charge in [-0.3, -0.25) is 0 Å². The van der Waals surface area contributed by atoms with Crippen LogP contribution in [0, 0.1) is 0 Å². The third kappa shape index (κ3) is 3.52. The van der Waals surface area contributed by atoms with Crippen molar-refractivity contribution in [2.24, 2.45) is 0 Å². The minimum atomic E-state index is 1.08. The van der Waals surface area contributed by atoms with Crippen LogP contribution in [0.15, 0.2) is 36.8 Å². The van der Waals surface area contributed by atoms with Crippen molar-refractivity contribution in [2.75, 3.05) is 0 Å². The summed E-state index contributed by atoms with van der Waals surface area (Å²) in [6.45, 7) is 3.35. The van der Waals surface area contributed by atoms with Crippen LogP contribution in [0.2, 0.25) is 0 Å². The molecule has 96 valence electrons. The number of benzene rings is 1. The van der Waals surface area contributed by atoms with Crippen LogP contribution in [0.25, 0.3) is 10.9 Å². The van der Waals surface area contributed by atoms with Crippen molar-refractivity contribution in [1.82, 2.24) is 4.98 Å². The van der Waals surface area contributed by atoms with Crippen LogP contribution >= 0.6 is 0 Å². The van der Waals surface area contributed by atoms with Gasteiger partial charge in [-0.1, -0.05) is 49.7 Å². The van der Waals surface area contributed by atoms with Crippen molar-refractivity contribution in [1.29, 1.82) is 0 Å². The first-order chi connectivity index (χ1) is 8.92. The molecule has 1 aromatic carbocycles. The predicted molar refractivity (Wildman–Crippen MR) is 75.3 cm³/mol. The molecule has 0 saturated carbocycles. The van der Waals surface area contributed by atoms with E-state index in [9.17, 15) is 0 Å². The first-order valence-electron chi connectivity index (χ1n) is 7.14. The molecule has 1 heterocycles. The summed E-state index contributed by atoms with van der Waals surface area (Å²) < 4.78 is 2.27. The maximum Gasteiger partial charge on any atom is 0.286 e. The Morgan fingerprint density at radius 2 is 1.78 bits per heavy atom. The van der Waals surface area contributed by atoms with Gasteiger partial charge in [0.15, 0.2) is 6.20 Å². The molecule has 0 radical (unpaired) electrons. The van der Waals surface area contributed by atoms with Crippen molar-refractivity contribution >= 4 is 10.9 Å². The summed E-state index contributed by atoms with van der Waals surface area (Å²) in [5.74, 6) is 0. The van der Waals surface area contributed by atoms with Crippen LogP contribution in [0.3, 0.4) is 0 Å². The van der Waals surface area contributed by atoms with Gasteiger partial charge in [-0.15, -0.1) is 0 Å². The molecule has 0 unspecified atom stereocenters. The highest BCUT2D eigenvalue weighted by molar-refractivity contribution is 5.73. The summed E-state index contributed by atoms with van der Waals surface area (Å²) in [5.41, 5.74) is 1.29. The van der Waals surface area contributed by atoms with Crippen LogP contribution in [0.5, 0.6) is 0 Å². The Morgan fingerprint density at radius 3 is 2.67 bits per heavy atom. The Kier molecular flexibility index (Phi) is 5.13. The van der Waals surface area contributed by atoms with Crippen molar-refractivity contribution in [3.8, 4) is 0 Å².